The Balaban J connectivity index is 1.27. The van der Waals surface area contributed by atoms with Crippen LogP contribution < -0.4 is 20.9 Å². The highest BCUT2D eigenvalue weighted by atomic mass is 35.5. The number of carbonyl (C=O) groups is 1. The maximum atomic E-state index is 14.4. The minimum atomic E-state index is -1.33. The molecular weight excluding hydrogens is 563 g/mol. The van der Waals surface area contributed by atoms with Crippen molar-refractivity contribution < 1.29 is 23.8 Å². The van der Waals surface area contributed by atoms with Gasteiger partial charge in [0.1, 0.15) is 11.6 Å². The molecular formula is C30H36ClFN6O4. The van der Waals surface area contributed by atoms with Gasteiger partial charge >= 0.3 is 5.97 Å². The number of piperidine rings is 1. The summed E-state index contributed by atoms with van der Waals surface area (Å²) in [7, 11) is 0. The summed E-state index contributed by atoms with van der Waals surface area (Å²) in [5.74, 6) is -0.0138. The molecule has 0 saturated carbocycles. The third-order valence-corrected chi connectivity index (χ3v) is 7.80. The number of aliphatic hydroxyl groups is 1. The van der Waals surface area contributed by atoms with Crippen LogP contribution in [0.5, 0.6) is 0 Å². The molecule has 2 atom stereocenters. The minimum Gasteiger partial charge on any atom is -0.466 e. The van der Waals surface area contributed by atoms with E-state index in [1.54, 1.807) is 0 Å². The molecule has 2 unspecified atom stereocenters. The summed E-state index contributed by atoms with van der Waals surface area (Å²) >= 11 is 6.15. The van der Waals surface area contributed by atoms with Gasteiger partial charge < -0.3 is 35.4 Å². The molecule has 2 fully saturated rings. The Labute approximate surface area is 249 Å². The molecule has 3 aromatic rings. The van der Waals surface area contributed by atoms with E-state index in [9.17, 15) is 14.3 Å². The van der Waals surface area contributed by atoms with Crippen molar-refractivity contribution in [3.63, 3.8) is 0 Å². The minimum absolute atomic E-state index is 0.0100. The number of anilines is 5. The summed E-state index contributed by atoms with van der Waals surface area (Å²) < 4.78 is 25.3. The Hall–Kier alpha value is -3.67. The number of nitrogens with one attached hydrogen (secondary N) is 3. The predicted molar refractivity (Wildman–Crippen MR) is 161 cm³/mol. The SMILES string of the molecule is CCOC(=O)C1CCN(c2ccc(Nc3ncc(C(O)Nc4c(F)cccc4Cl)c(NCC4CCCO4)n3)cc2)CC1. The topological polar surface area (TPSA) is 121 Å². The van der Waals surface area contributed by atoms with Crippen molar-refractivity contribution in [1.82, 2.24) is 9.97 Å². The quantitative estimate of drug-likeness (QED) is 0.167. The number of rotatable bonds is 11. The molecule has 5 rings (SSSR count). The Bertz CT molecular complexity index is 1330. The predicted octanol–water partition coefficient (Wildman–Crippen LogP) is 5.49. The normalized spacial score (nSPS) is 18.0. The van der Waals surface area contributed by atoms with Crippen molar-refractivity contribution in [1.29, 1.82) is 0 Å². The average molecular weight is 599 g/mol. The van der Waals surface area contributed by atoms with Crippen LogP contribution >= 0.6 is 11.6 Å². The highest BCUT2D eigenvalue weighted by Gasteiger charge is 2.26. The van der Waals surface area contributed by atoms with Crippen molar-refractivity contribution in [3.05, 3.63) is 65.1 Å². The van der Waals surface area contributed by atoms with Gasteiger partial charge in [-0.2, -0.15) is 4.98 Å². The Morgan fingerprint density at radius 3 is 2.69 bits per heavy atom. The smallest absolute Gasteiger partial charge is 0.309 e. The number of benzene rings is 2. The summed E-state index contributed by atoms with van der Waals surface area (Å²) in [6.07, 6.45) is 3.65. The van der Waals surface area contributed by atoms with Gasteiger partial charge in [-0.3, -0.25) is 4.79 Å². The third-order valence-electron chi connectivity index (χ3n) is 7.48. The fraction of sp³-hybridized carbons (Fsp3) is 0.433. The largest absolute Gasteiger partial charge is 0.466 e. The van der Waals surface area contributed by atoms with Crippen LogP contribution in [0.2, 0.25) is 5.02 Å². The molecule has 2 saturated heterocycles. The molecule has 3 heterocycles. The molecule has 0 spiro atoms. The highest BCUT2D eigenvalue weighted by Crippen LogP contribution is 2.31. The van der Waals surface area contributed by atoms with E-state index in [1.807, 2.05) is 31.2 Å². The van der Waals surface area contributed by atoms with E-state index < -0.39 is 12.0 Å². The summed E-state index contributed by atoms with van der Waals surface area (Å²) in [6, 6.07) is 12.2. The molecule has 2 aliphatic heterocycles. The van der Waals surface area contributed by atoms with Crippen LogP contribution in [0.15, 0.2) is 48.7 Å². The van der Waals surface area contributed by atoms with Crippen LogP contribution in [0.3, 0.4) is 0 Å². The number of aliphatic hydroxyl groups excluding tert-OH is 1. The van der Waals surface area contributed by atoms with Crippen molar-refractivity contribution in [2.24, 2.45) is 5.92 Å². The van der Waals surface area contributed by atoms with E-state index in [2.05, 4.69) is 30.8 Å². The number of nitrogens with zero attached hydrogens (tertiary/aromatic N) is 3. The monoisotopic (exact) mass is 598 g/mol. The fourth-order valence-corrected chi connectivity index (χ4v) is 5.39. The van der Waals surface area contributed by atoms with Crippen LogP contribution in [0.25, 0.3) is 0 Å². The molecule has 12 heteroatoms. The first-order valence-corrected chi connectivity index (χ1v) is 14.7. The molecule has 42 heavy (non-hydrogen) atoms. The second kappa shape index (κ2) is 14.0. The van der Waals surface area contributed by atoms with Gasteiger partial charge in [0, 0.05) is 43.8 Å². The van der Waals surface area contributed by atoms with E-state index in [0.29, 0.717) is 37.1 Å². The van der Waals surface area contributed by atoms with Gasteiger partial charge in [0.15, 0.2) is 6.23 Å². The van der Waals surface area contributed by atoms with Gasteiger partial charge in [0.2, 0.25) is 5.95 Å². The lowest BCUT2D eigenvalue weighted by Crippen LogP contribution is -2.36. The zero-order valence-corrected chi connectivity index (χ0v) is 24.2. The molecule has 4 N–H and O–H groups in total. The summed E-state index contributed by atoms with van der Waals surface area (Å²) in [4.78, 5) is 23.3. The zero-order valence-electron chi connectivity index (χ0n) is 23.5. The lowest BCUT2D eigenvalue weighted by molar-refractivity contribution is -0.148. The Morgan fingerprint density at radius 2 is 2.00 bits per heavy atom. The van der Waals surface area contributed by atoms with Gasteiger partial charge in [-0.15, -0.1) is 0 Å². The van der Waals surface area contributed by atoms with E-state index in [1.165, 1.54) is 24.4 Å². The van der Waals surface area contributed by atoms with Crippen molar-refractivity contribution in [2.45, 2.75) is 44.9 Å². The second-order valence-electron chi connectivity index (χ2n) is 10.3. The lowest BCUT2D eigenvalue weighted by atomic mass is 9.96. The molecule has 0 radical (unpaired) electrons. The first-order chi connectivity index (χ1) is 20.4. The lowest BCUT2D eigenvalue weighted by Gasteiger charge is -2.32. The second-order valence-corrected chi connectivity index (χ2v) is 10.7. The zero-order chi connectivity index (χ0) is 29.5. The molecule has 2 aliphatic rings. The van der Waals surface area contributed by atoms with Gasteiger partial charge in [0.05, 0.1) is 34.9 Å². The van der Waals surface area contributed by atoms with Crippen LogP contribution in [-0.2, 0) is 14.3 Å². The number of aromatic nitrogens is 2. The Morgan fingerprint density at radius 1 is 1.21 bits per heavy atom. The average Bonchev–Trinajstić information content (AvgIpc) is 3.53. The third kappa shape index (κ3) is 7.39. The van der Waals surface area contributed by atoms with E-state index in [4.69, 9.17) is 21.1 Å². The van der Waals surface area contributed by atoms with Crippen LogP contribution in [0.1, 0.15) is 44.4 Å². The molecule has 2 aromatic carbocycles. The summed E-state index contributed by atoms with van der Waals surface area (Å²) in [5, 5.41) is 20.3. The van der Waals surface area contributed by atoms with Gasteiger partial charge in [-0.25, -0.2) is 9.37 Å². The Kier molecular flexibility index (Phi) is 9.93. The summed E-state index contributed by atoms with van der Waals surface area (Å²) in [5.41, 5.74) is 2.18. The van der Waals surface area contributed by atoms with Gasteiger partial charge in [0.25, 0.3) is 0 Å². The number of ether oxygens (including phenoxy) is 2. The maximum Gasteiger partial charge on any atom is 0.309 e. The first kappa shape index (κ1) is 29.8. The molecule has 224 valence electrons. The number of carbonyl (C=O) groups excluding carboxylic acids is 1. The number of hydrogen-bond acceptors (Lipinski definition) is 10. The van der Waals surface area contributed by atoms with E-state index in [-0.39, 0.29) is 28.7 Å². The molecule has 0 bridgehead atoms. The number of esters is 1. The van der Waals surface area contributed by atoms with Gasteiger partial charge in [-0.05, 0) is 69.0 Å². The van der Waals surface area contributed by atoms with Crippen molar-refractivity contribution >= 4 is 46.4 Å². The number of para-hydroxylation sites is 1. The summed E-state index contributed by atoms with van der Waals surface area (Å²) in [6.45, 7) is 5.02. The van der Waals surface area contributed by atoms with Gasteiger partial charge in [-0.1, -0.05) is 17.7 Å². The number of halogens is 2. The molecule has 0 amide bonds. The van der Waals surface area contributed by atoms with Crippen LogP contribution in [0, 0.1) is 11.7 Å². The maximum absolute atomic E-state index is 14.4. The molecule has 10 nitrogen and oxygen atoms in total. The standard InChI is InChI=1S/C30H36ClFN6O4/c1-2-41-29(40)19-12-14-38(15-13-19)21-10-8-20(9-11-21)35-30-34-18-23(27(37-30)33-17-22-5-4-16-42-22)28(39)36-26-24(31)6-3-7-25(26)32/h3,6-11,18-19,22,28,36,39H,2,4-5,12-17H2,1H3,(H2,33,34,35,37). The first-order valence-electron chi connectivity index (χ1n) is 14.3. The van der Waals surface area contributed by atoms with Crippen molar-refractivity contribution in [2.75, 3.05) is 53.7 Å². The fourth-order valence-electron chi connectivity index (χ4n) is 5.18. The highest BCUT2D eigenvalue weighted by molar-refractivity contribution is 6.33. The van der Waals surface area contributed by atoms with Crippen LogP contribution in [-0.4, -0.2) is 60.0 Å². The van der Waals surface area contributed by atoms with E-state index >= 15 is 0 Å². The number of hydrogen-bond donors (Lipinski definition) is 4. The van der Waals surface area contributed by atoms with E-state index in [0.717, 1.165) is 50.1 Å². The molecule has 1 aromatic heterocycles. The molecule has 0 aliphatic carbocycles. The van der Waals surface area contributed by atoms with Crippen LogP contribution in [0.4, 0.5) is 33.2 Å². The van der Waals surface area contributed by atoms with Crippen molar-refractivity contribution in [3.8, 4) is 0 Å².